The van der Waals surface area contributed by atoms with Crippen molar-refractivity contribution in [2.75, 3.05) is 18.0 Å². The largest absolute Gasteiger partial charge is 0.481 e. The Labute approximate surface area is 157 Å². The van der Waals surface area contributed by atoms with Crippen LogP contribution in [-0.2, 0) is 4.79 Å². The topological polar surface area (TPSA) is 98.7 Å². The Morgan fingerprint density at radius 1 is 1.11 bits per heavy atom. The summed E-state index contributed by atoms with van der Waals surface area (Å²) < 4.78 is 0. The molecule has 2 unspecified atom stereocenters. The van der Waals surface area contributed by atoms with Crippen molar-refractivity contribution in [2.45, 2.75) is 13.0 Å². The molecule has 2 aromatic carbocycles. The lowest BCUT2D eigenvalue weighted by Crippen LogP contribution is -2.35. The summed E-state index contributed by atoms with van der Waals surface area (Å²) in [6.07, 6.45) is 0. The number of anilines is 1. The summed E-state index contributed by atoms with van der Waals surface area (Å²) in [5.41, 5.74) is 1.84. The number of aliphatic carboxylic acids is 1. The maximum Gasteiger partial charge on any atom is 0.321 e. The van der Waals surface area contributed by atoms with Gasteiger partial charge in [0.05, 0.1) is 12.0 Å². The van der Waals surface area contributed by atoms with Gasteiger partial charge in [0.1, 0.15) is 0 Å². The molecule has 3 N–H and O–H groups in total. The molecule has 140 valence electrons. The van der Waals surface area contributed by atoms with E-state index >= 15 is 0 Å². The molecule has 27 heavy (non-hydrogen) atoms. The zero-order chi connectivity index (χ0) is 19.4. The van der Waals surface area contributed by atoms with E-state index in [-0.39, 0.29) is 11.9 Å². The average molecular weight is 367 g/mol. The molecule has 0 bridgehead atoms. The van der Waals surface area contributed by atoms with Crippen molar-refractivity contribution in [3.05, 3.63) is 65.7 Å². The maximum atomic E-state index is 12.7. The van der Waals surface area contributed by atoms with Gasteiger partial charge >= 0.3 is 12.0 Å². The second-order valence-corrected chi connectivity index (χ2v) is 6.42. The predicted molar refractivity (Wildman–Crippen MR) is 101 cm³/mol. The summed E-state index contributed by atoms with van der Waals surface area (Å²) in [6, 6.07) is 14.9. The fourth-order valence-electron chi connectivity index (χ4n) is 3.04. The molecular formula is C20H21N3O4. The number of nitrogens with zero attached hydrogens (tertiary/aromatic N) is 1. The van der Waals surface area contributed by atoms with Gasteiger partial charge in [0.25, 0.3) is 5.91 Å². The third-order valence-corrected chi connectivity index (χ3v) is 4.63. The number of rotatable bonds is 6. The number of benzene rings is 2. The Hall–Kier alpha value is -3.35. The summed E-state index contributed by atoms with van der Waals surface area (Å²) in [5, 5.41) is 14.9. The fraction of sp³-hybridized carbons (Fsp3) is 0.250. The van der Waals surface area contributed by atoms with Gasteiger partial charge in [-0.1, -0.05) is 30.3 Å². The van der Waals surface area contributed by atoms with E-state index in [1.807, 2.05) is 6.07 Å². The molecule has 1 aliphatic heterocycles. The van der Waals surface area contributed by atoms with Crippen LogP contribution in [0, 0.1) is 5.92 Å². The second-order valence-electron chi connectivity index (χ2n) is 6.42. The van der Waals surface area contributed by atoms with Gasteiger partial charge in [-0.3, -0.25) is 14.5 Å². The molecular weight excluding hydrogens is 346 g/mol. The fourth-order valence-corrected chi connectivity index (χ4v) is 3.04. The van der Waals surface area contributed by atoms with Crippen LogP contribution >= 0.6 is 0 Å². The van der Waals surface area contributed by atoms with E-state index in [1.165, 1.54) is 0 Å². The molecule has 2 aromatic rings. The third kappa shape index (κ3) is 4.08. The van der Waals surface area contributed by atoms with E-state index in [2.05, 4.69) is 10.6 Å². The zero-order valence-electron chi connectivity index (χ0n) is 14.9. The highest BCUT2D eigenvalue weighted by atomic mass is 16.4. The highest BCUT2D eigenvalue weighted by Gasteiger charge is 2.27. The first-order chi connectivity index (χ1) is 13.0. The molecule has 7 heteroatoms. The number of hydrogen-bond donors (Lipinski definition) is 3. The number of nitrogens with one attached hydrogen (secondary N) is 2. The van der Waals surface area contributed by atoms with Crippen LogP contribution in [0.4, 0.5) is 10.5 Å². The van der Waals surface area contributed by atoms with E-state index in [1.54, 1.807) is 60.4 Å². The van der Waals surface area contributed by atoms with Gasteiger partial charge in [-0.2, -0.15) is 0 Å². The van der Waals surface area contributed by atoms with Gasteiger partial charge in [-0.15, -0.1) is 0 Å². The number of carbonyl (C=O) groups excluding carboxylic acids is 2. The Balaban J connectivity index is 1.77. The first-order valence-corrected chi connectivity index (χ1v) is 8.71. The van der Waals surface area contributed by atoms with E-state index in [0.29, 0.717) is 24.3 Å². The molecule has 0 saturated carbocycles. The molecule has 2 atom stereocenters. The SMILES string of the molecule is CC(C(=O)O)C(NC(=O)c1ccc(N2CCNC2=O)cc1)c1ccccc1. The van der Waals surface area contributed by atoms with Crippen LogP contribution in [0.25, 0.3) is 0 Å². The number of carboxylic acid groups (broad SMARTS) is 1. The molecule has 1 fully saturated rings. The van der Waals surface area contributed by atoms with Crippen molar-refractivity contribution in [3.8, 4) is 0 Å². The first kappa shape index (κ1) is 18.4. The smallest absolute Gasteiger partial charge is 0.321 e. The lowest BCUT2D eigenvalue weighted by molar-refractivity contribution is -0.142. The van der Waals surface area contributed by atoms with Crippen molar-refractivity contribution in [1.29, 1.82) is 0 Å². The van der Waals surface area contributed by atoms with Crippen LogP contribution in [0.15, 0.2) is 54.6 Å². The van der Waals surface area contributed by atoms with Gasteiger partial charge in [-0.05, 0) is 36.8 Å². The molecule has 7 nitrogen and oxygen atoms in total. The number of carbonyl (C=O) groups is 3. The van der Waals surface area contributed by atoms with Crippen LogP contribution in [-0.4, -0.2) is 36.1 Å². The van der Waals surface area contributed by atoms with E-state index in [9.17, 15) is 19.5 Å². The maximum absolute atomic E-state index is 12.7. The summed E-state index contributed by atoms with van der Waals surface area (Å²) >= 11 is 0. The van der Waals surface area contributed by atoms with E-state index < -0.39 is 17.9 Å². The minimum absolute atomic E-state index is 0.161. The lowest BCUT2D eigenvalue weighted by Gasteiger charge is -2.23. The average Bonchev–Trinajstić information content (AvgIpc) is 3.12. The molecule has 0 spiro atoms. The van der Waals surface area contributed by atoms with Gasteiger partial charge in [0.2, 0.25) is 0 Å². The molecule has 0 radical (unpaired) electrons. The Morgan fingerprint density at radius 3 is 2.33 bits per heavy atom. The summed E-state index contributed by atoms with van der Waals surface area (Å²) in [7, 11) is 0. The molecule has 3 amide bonds. The van der Waals surface area contributed by atoms with Crippen LogP contribution in [0.1, 0.15) is 28.9 Å². The van der Waals surface area contributed by atoms with Crippen molar-refractivity contribution in [2.24, 2.45) is 5.92 Å². The molecule has 3 rings (SSSR count). The monoisotopic (exact) mass is 367 g/mol. The minimum atomic E-state index is -0.987. The van der Waals surface area contributed by atoms with Gasteiger partial charge < -0.3 is 15.7 Å². The van der Waals surface area contributed by atoms with Crippen molar-refractivity contribution in [1.82, 2.24) is 10.6 Å². The third-order valence-electron chi connectivity index (χ3n) is 4.63. The number of carboxylic acids is 1. The van der Waals surface area contributed by atoms with Gasteiger partial charge in [0, 0.05) is 24.3 Å². The van der Waals surface area contributed by atoms with Crippen molar-refractivity contribution < 1.29 is 19.5 Å². The first-order valence-electron chi connectivity index (χ1n) is 8.71. The molecule has 1 saturated heterocycles. The van der Waals surface area contributed by atoms with E-state index in [4.69, 9.17) is 0 Å². The summed E-state index contributed by atoms with van der Waals surface area (Å²) in [5.74, 6) is -2.14. The van der Waals surface area contributed by atoms with Crippen molar-refractivity contribution in [3.63, 3.8) is 0 Å². The minimum Gasteiger partial charge on any atom is -0.481 e. The Bertz CT molecular complexity index is 836. The number of hydrogen-bond acceptors (Lipinski definition) is 3. The quantitative estimate of drug-likeness (QED) is 0.730. The van der Waals surface area contributed by atoms with Crippen LogP contribution in [0.5, 0.6) is 0 Å². The second kappa shape index (κ2) is 7.90. The summed E-state index contributed by atoms with van der Waals surface area (Å²) in [4.78, 5) is 37.4. The molecule has 1 aliphatic rings. The standard InChI is InChI=1S/C20H21N3O4/c1-13(19(25)26)17(14-5-3-2-4-6-14)22-18(24)15-7-9-16(10-8-15)23-12-11-21-20(23)27/h2-10,13,17H,11-12H2,1H3,(H,21,27)(H,22,24)(H,25,26). The highest BCUT2D eigenvalue weighted by Crippen LogP contribution is 2.23. The lowest BCUT2D eigenvalue weighted by atomic mass is 9.94. The molecule has 0 aromatic heterocycles. The predicted octanol–water partition coefficient (Wildman–Crippen LogP) is 2.41. The number of amides is 3. The number of urea groups is 1. The summed E-state index contributed by atoms with van der Waals surface area (Å²) in [6.45, 7) is 2.73. The van der Waals surface area contributed by atoms with Crippen molar-refractivity contribution >= 4 is 23.6 Å². The molecule has 0 aliphatic carbocycles. The van der Waals surface area contributed by atoms with Gasteiger partial charge in [0.15, 0.2) is 0 Å². The van der Waals surface area contributed by atoms with Crippen LogP contribution < -0.4 is 15.5 Å². The van der Waals surface area contributed by atoms with Crippen LogP contribution in [0.2, 0.25) is 0 Å². The van der Waals surface area contributed by atoms with E-state index in [0.717, 1.165) is 5.56 Å². The highest BCUT2D eigenvalue weighted by molar-refractivity contribution is 5.97. The molecule has 1 heterocycles. The normalized spacial score (nSPS) is 15.7. The van der Waals surface area contributed by atoms with Crippen LogP contribution in [0.3, 0.4) is 0 Å². The Kier molecular flexibility index (Phi) is 5.40. The van der Waals surface area contributed by atoms with Gasteiger partial charge in [-0.25, -0.2) is 4.79 Å². The Morgan fingerprint density at radius 2 is 1.78 bits per heavy atom. The zero-order valence-corrected chi connectivity index (χ0v) is 14.9.